The van der Waals surface area contributed by atoms with Gasteiger partial charge in [-0.15, -0.1) is 0 Å². The average Bonchev–Trinajstić information content (AvgIpc) is 3.41. The molecular weight excluding hydrogens is 384 g/mol. The molecule has 2 aromatic carbocycles. The second kappa shape index (κ2) is 8.77. The topological polar surface area (TPSA) is 120 Å². The van der Waals surface area contributed by atoms with Gasteiger partial charge in [-0.05, 0) is 25.0 Å². The van der Waals surface area contributed by atoms with Crippen LogP contribution in [-0.4, -0.2) is 34.6 Å². The lowest BCUT2D eigenvalue weighted by atomic mass is 10.0. The first-order valence-corrected chi connectivity index (χ1v) is 9.75. The first-order chi connectivity index (χ1) is 14.6. The number of carbonyl (C=O) groups excluding carboxylic acids is 2. The van der Waals surface area contributed by atoms with Crippen LogP contribution in [0.15, 0.2) is 65.2 Å². The van der Waals surface area contributed by atoms with E-state index in [0.717, 1.165) is 5.56 Å². The van der Waals surface area contributed by atoms with Crippen molar-refractivity contribution in [3.8, 4) is 17.1 Å². The number of nitrogens with two attached hydrogens (primary N) is 1. The van der Waals surface area contributed by atoms with Crippen LogP contribution >= 0.6 is 0 Å². The van der Waals surface area contributed by atoms with E-state index >= 15 is 0 Å². The lowest BCUT2D eigenvalue weighted by Crippen LogP contribution is -2.39. The van der Waals surface area contributed by atoms with Gasteiger partial charge in [0.25, 0.3) is 5.91 Å². The summed E-state index contributed by atoms with van der Waals surface area (Å²) in [7, 11) is 0. The minimum absolute atomic E-state index is 0.131. The Kier molecular flexibility index (Phi) is 5.74. The quantitative estimate of drug-likeness (QED) is 0.621. The van der Waals surface area contributed by atoms with Crippen molar-refractivity contribution < 1.29 is 18.8 Å². The van der Waals surface area contributed by atoms with E-state index in [9.17, 15) is 9.59 Å². The molecule has 1 aliphatic rings. The molecule has 1 aliphatic carbocycles. The third-order valence-electron chi connectivity index (χ3n) is 5.22. The summed E-state index contributed by atoms with van der Waals surface area (Å²) in [4.78, 5) is 28.7. The molecule has 1 fully saturated rings. The number of hydrogen-bond donors (Lipinski definition) is 2. The van der Waals surface area contributed by atoms with E-state index in [-0.39, 0.29) is 30.4 Å². The van der Waals surface area contributed by atoms with Crippen molar-refractivity contribution in [3.63, 3.8) is 0 Å². The number of rotatable bonds is 7. The number of para-hydroxylation sites is 1. The molecular formula is C22H22N4O4. The number of benzene rings is 2. The molecule has 30 heavy (non-hydrogen) atoms. The third kappa shape index (κ3) is 4.48. The summed E-state index contributed by atoms with van der Waals surface area (Å²) >= 11 is 0. The van der Waals surface area contributed by atoms with E-state index in [0.29, 0.717) is 30.3 Å². The van der Waals surface area contributed by atoms with Crippen LogP contribution < -0.4 is 15.8 Å². The SMILES string of the molecule is NC(=O)[C@H]1C[C@H](NC(=O)COc2ccccc2)[C@H](c2nc(-c3ccccc3)no2)C1. The zero-order valence-corrected chi connectivity index (χ0v) is 16.2. The number of aromatic nitrogens is 2. The fourth-order valence-electron chi connectivity index (χ4n) is 3.71. The van der Waals surface area contributed by atoms with Crippen molar-refractivity contribution >= 4 is 11.8 Å². The summed E-state index contributed by atoms with van der Waals surface area (Å²) in [5.41, 5.74) is 6.35. The van der Waals surface area contributed by atoms with Gasteiger partial charge in [0.15, 0.2) is 6.61 Å². The number of ether oxygens (including phenoxy) is 1. The van der Waals surface area contributed by atoms with Crippen LogP contribution in [0.5, 0.6) is 5.75 Å². The van der Waals surface area contributed by atoms with Gasteiger partial charge in [-0.25, -0.2) is 0 Å². The van der Waals surface area contributed by atoms with E-state index in [1.165, 1.54) is 0 Å². The zero-order valence-electron chi connectivity index (χ0n) is 16.2. The highest BCUT2D eigenvalue weighted by atomic mass is 16.5. The van der Waals surface area contributed by atoms with Crippen molar-refractivity contribution in [1.82, 2.24) is 15.5 Å². The molecule has 3 N–H and O–H groups in total. The predicted octanol–water partition coefficient (Wildman–Crippen LogP) is 2.28. The van der Waals surface area contributed by atoms with Gasteiger partial charge in [0.2, 0.25) is 17.6 Å². The summed E-state index contributed by atoms with van der Waals surface area (Å²) in [5, 5.41) is 6.98. The van der Waals surface area contributed by atoms with Crippen LogP contribution in [0.25, 0.3) is 11.4 Å². The zero-order chi connectivity index (χ0) is 20.9. The molecule has 2 amide bonds. The Bertz CT molecular complexity index is 1010. The number of nitrogens with one attached hydrogen (secondary N) is 1. The predicted molar refractivity (Wildman–Crippen MR) is 108 cm³/mol. The van der Waals surface area contributed by atoms with E-state index in [1.807, 2.05) is 48.5 Å². The minimum atomic E-state index is -0.403. The Morgan fingerprint density at radius 3 is 2.47 bits per heavy atom. The monoisotopic (exact) mass is 406 g/mol. The Morgan fingerprint density at radius 1 is 1.07 bits per heavy atom. The molecule has 3 atom stereocenters. The second-order valence-electron chi connectivity index (χ2n) is 7.28. The number of primary amides is 1. The number of carbonyl (C=O) groups is 2. The molecule has 0 saturated heterocycles. The van der Waals surface area contributed by atoms with Gasteiger partial charge in [0.05, 0.1) is 5.92 Å². The summed E-state index contributed by atoms with van der Waals surface area (Å²) in [5.74, 6) is 0.0879. The Labute approximate surface area is 173 Å². The molecule has 4 rings (SSSR count). The largest absolute Gasteiger partial charge is 0.484 e. The van der Waals surface area contributed by atoms with Gasteiger partial charge in [0.1, 0.15) is 5.75 Å². The first kappa shape index (κ1) is 19.6. The van der Waals surface area contributed by atoms with Gasteiger partial charge < -0.3 is 20.3 Å². The maximum absolute atomic E-state index is 12.4. The Balaban J connectivity index is 1.46. The van der Waals surface area contributed by atoms with Crippen molar-refractivity contribution in [3.05, 3.63) is 66.6 Å². The average molecular weight is 406 g/mol. The molecule has 0 radical (unpaired) electrons. The first-order valence-electron chi connectivity index (χ1n) is 9.75. The third-order valence-corrected chi connectivity index (χ3v) is 5.22. The molecule has 1 saturated carbocycles. The van der Waals surface area contributed by atoms with E-state index in [2.05, 4.69) is 15.5 Å². The summed E-state index contributed by atoms with van der Waals surface area (Å²) < 4.78 is 11.0. The molecule has 0 unspecified atom stereocenters. The number of hydrogen-bond acceptors (Lipinski definition) is 6. The van der Waals surface area contributed by atoms with E-state index in [4.69, 9.17) is 15.0 Å². The van der Waals surface area contributed by atoms with Crippen LogP contribution in [0.3, 0.4) is 0 Å². The fraction of sp³-hybridized carbons (Fsp3) is 0.273. The highest BCUT2D eigenvalue weighted by Gasteiger charge is 2.41. The molecule has 0 spiro atoms. The fourth-order valence-corrected chi connectivity index (χ4v) is 3.71. The van der Waals surface area contributed by atoms with Gasteiger partial charge in [0, 0.05) is 17.5 Å². The smallest absolute Gasteiger partial charge is 0.258 e. The summed E-state index contributed by atoms with van der Waals surface area (Å²) in [6.45, 7) is -0.131. The summed E-state index contributed by atoms with van der Waals surface area (Å²) in [6, 6.07) is 18.2. The van der Waals surface area contributed by atoms with Gasteiger partial charge in [-0.2, -0.15) is 4.98 Å². The van der Waals surface area contributed by atoms with Crippen molar-refractivity contribution in [1.29, 1.82) is 0 Å². The van der Waals surface area contributed by atoms with Crippen molar-refractivity contribution in [2.45, 2.75) is 24.8 Å². The van der Waals surface area contributed by atoms with Crippen molar-refractivity contribution in [2.75, 3.05) is 6.61 Å². The van der Waals surface area contributed by atoms with Crippen LogP contribution in [0.4, 0.5) is 0 Å². The van der Waals surface area contributed by atoms with Crippen molar-refractivity contribution in [2.24, 2.45) is 11.7 Å². The van der Waals surface area contributed by atoms with Gasteiger partial charge in [-0.1, -0.05) is 53.7 Å². The van der Waals surface area contributed by atoms with Crippen LogP contribution in [0.2, 0.25) is 0 Å². The normalized spacial score (nSPS) is 20.6. The molecule has 0 bridgehead atoms. The lowest BCUT2D eigenvalue weighted by Gasteiger charge is -2.18. The van der Waals surface area contributed by atoms with E-state index in [1.54, 1.807) is 12.1 Å². The van der Waals surface area contributed by atoms with Gasteiger partial charge in [-0.3, -0.25) is 9.59 Å². The summed E-state index contributed by atoms with van der Waals surface area (Å²) in [6.07, 6.45) is 0.858. The standard InChI is InChI=1S/C22H22N4O4/c23-20(28)15-11-17(22-25-21(26-30-22)14-7-3-1-4-8-14)18(12-15)24-19(27)13-29-16-9-5-2-6-10-16/h1-10,15,17-18H,11-13H2,(H2,23,28)(H,24,27)/t15-,17-,18+/m1/s1. The molecule has 8 nitrogen and oxygen atoms in total. The van der Waals surface area contributed by atoms with Crippen LogP contribution in [0, 0.1) is 5.92 Å². The number of amides is 2. The molecule has 8 heteroatoms. The lowest BCUT2D eigenvalue weighted by molar-refractivity contribution is -0.124. The maximum atomic E-state index is 12.4. The minimum Gasteiger partial charge on any atom is -0.484 e. The molecule has 3 aromatic rings. The molecule has 1 heterocycles. The highest BCUT2D eigenvalue weighted by molar-refractivity contribution is 5.79. The Morgan fingerprint density at radius 2 is 1.77 bits per heavy atom. The van der Waals surface area contributed by atoms with E-state index < -0.39 is 5.91 Å². The maximum Gasteiger partial charge on any atom is 0.258 e. The highest BCUT2D eigenvalue weighted by Crippen LogP contribution is 2.38. The second-order valence-corrected chi connectivity index (χ2v) is 7.28. The molecule has 154 valence electrons. The Hall–Kier alpha value is -3.68. The van der Waals surface area contributed by atoms with Gasteiger partial charge >= 0.3 is 0 Å². The molecule has 0 aliphatic heterocycles. The van der Waals surface area contributed by atoms with Crippen LogP contribution in [-0.2, 0) is 9.59 Å². The van der Waals surface area contributed by atoms with Crippen LogP contribution in [0.1, 0.15) is 24.7 Å². The molecule has 1 aromatic heterocycles. The number of nitrogens with zero attached hydrogens (tertiary/aromatic N) is 2.